The van der Waals surface area contributed by atoms with Crippen LogP contribution in [0.3, 0.4) is 0 Å². The monoisotopic (exact) mass is 297 g/mol. The number of hydrogen-bond donors (Lipinski definition) is 1. The molecule has 0 aliphatic heterocycles. The van der Waals surface area contributed by atoms with Crippen LogP contribution in [0.15, 0.2) is 41.8 Å². The molecule has 22 heavy (non-hydrogen) atoms. The molecule has 0 aliphatic rings. The summed E-state index contributed by atoms with van der Waals surface area (Å²) >= 11 is 0. The highest BCUT2D eigenvalue weighted by atomic mass is 15.3. The Morgan fingerprint density at radius 1 is 1.18 bits per heavy atom. The minimum absolute atomic E-state index is 0.0838. The van der Waals surface area contributed by atoms with Crippen molar-refractivity contribution in [3.8, 4) is 0 Å². The predicted molar refractivity (Wildman–Crippen MR) is 90.0 cm³/mol. The van der Waals surface area contributed by atoms with Crippen LogP contribution in [0.1, 0.15) is 51.8 Å². The molecule has 5 nitrogen and oxygen atoms in total. The molecule has 0 unspecified atom stereocenters. The standard InChI is InChI=1S/C17H23N5/c1-5-17(4,6-2)15-9-10-16(22-20-15)21-19-13(3)14-8-7-11-18-12-14/h7-12H,5-6H2,1-4H3,(H,21,22). The molecule has 2 rings (SSSR count). The molecule has 5 heteroatoms. The van der Waals surface area contributed by atoms with Crippen LogP contribution < -0.4 is 5.43 Å². The third-order valence-corrected chi connectivity index (χ3v) is 4.26. The van der Waals surface area contributed by atoms with Crippen molar-refractivity contribution >= 4 is 11.5 Å². The van der Waals surface area contributed by atoms with E-state index in [4.69, 9.17) is 0 Å². The lowest BCUT2D eigenvalue weighted by Gasteiger charge is -2.25. The Labute approximate surface area is 131 Å². The van der Waals surface area contributed by atoms with Crippen LogP contribution in [0.4, 0.5) is 5.82 Å². The van der Waals surface area contributed by atoms with Gasteiger partial charge in [0.05, 0.1) is 11.4 Å². The van der Waals surface area contributed by atoms with E-state index in [9.17, 15) is 0 Å². The Kier molecular flexibility index (Phi) is 5.20. The summed E-state index contributed by atoms with van der Waals surface area (Å²) in [7, 11) is 0. The van der Waals surface area contributed by atoms with E-state index >= 15 is 0 Å². The summed E-state index contributed by atoms with van der Waals surface area (Å²) in [5.74, 6) is 0.640. The fraction of sp³-hybridized carbons (Fsp3) is 0.412. The van der Waals surface area contributed by atoms with Crippen LogP contribution in [0.2, 0.25) is 0 Å². The largest absolute Gasteiger partial charge is 0.264 e. The maximum Gasteiger partial charge on any atom is 0.168 e. The summed E-state index contributed by atoms with van der Waals surface area (Å²) in [5.41, 5.74) is 5.88. The van der Waals surface area contributed by atoms with E-state index in [-0.39, 0.29) is 5.41 Å². The Morgan fingerprint density at radius 3 is 2.50 bits per heavy atom. The SMILES string of the molecule is CCC(C)(CC)c1ccc(NN=C(C)c2cccnc2)nn1. The average Bonchev–Trinajstić information content (AvgIpc) is 2.60. The molecule has 2 aromatic rings. The van der Waals surface area contributed by atoms with Crippen molar-refractivity contribution in [3.05, 3.63) is 47.9 Å². The zero-order valence-corrected chi connectivity index (χ0v) is 13.7. The molecule has 0 saturated carbocycles. The number of hydrazone groups is 1. The van der Waals surface area contributed by atoms with E-state index < -0.39 is 0 Å². The fourth-order valence-corrected chi connectivity index (χ4v) is 2.11. The van der Waals surface area contributed by atoms with Gasteiger partial charge >= 0.3 is 0 Å². The molecule has 116 valence electrons. The molecule has 1 N–H and O–H groups in total. The van der Waals surface area contributed by atoms with Crippen LogP contribution in [0, 0.1) is 0 Å². The molecule has 0 aliphatic carbocycles. The van der Waals surface area contributed by atoms with E-state index in [1.807, 2.05) is 31.2 Å². The highest BCUT2D eigenvalue weighted by Gasteiger charge is 2.24. The summed E-state index contributed by atoms with van der Waals surface area (Å²) in [6.45, 7) is 8.50. The van der Waals surface area contributed by atoms with Gasteiger partial charge in [-0.3, -0.25) is 10.4 Å². The lowest BCUT2D eigenvalue weighted by Crippen LogP contribution is -2.21. The van der Waals surface area contributed by atoms with Crippen LogP contribution in [0.25, 0.3) is 0 Å². The highest BCUT2D eigenvalue weighted by molar-refractivity contribution is 5.98. The molecular formula is C17H23N5. The second-order valence-corrected chi connectivity index (χ2v) is 5.62. The average molecular weight is 297 g/mol. The molecular weight excluding hydrogens is 274 g/mol. The molecule has 0 radical (unpaired) electrons. The smallest absolute Gasteiger partial charge is 0.168 e. The number of rotatable bonds is 6. The van der Waals surface area contributed by atoms with Gasteiger partial charge in [-0.2, -0.15) is 10.2 Å². The van der Waals surface area contributed by atoms with Crippen LogP contribution >= 0.6 is 0 Å². The van der Waals surface area contributed by atoms with Gasteiger partial charge < -0.3 is 0 Å². The van der Waals surface area contributed by atoms with Gasteiger partial charge in [0.1, 0.15) is 0 Å². The van der Waals surface area contributed by atoms with Gasteiger partial charge in [0.2, 0.25) is 0 Å². The maximum absolute atomic E-state index is 4.35. The molecule has 2 aromatic heterocycles. The normalized spacial score (nSPS) is 12.3. The van der Waals surface area contributed by atoms with Gasteiger partial charge in [0.25, 0.3) is 0 Å². The van der Waals surface area contributed by atoms with Gasteiger partial charge in [-0.15, -0.1) is 5.10 Å². The Morgan fingerprint density at radius 2 is 1.95 bits per heavy atom. The van der Waals surface area contributed by atoms with E-state index in [2.05, 4.69) is 46.5 Å². The molecule has 0 saturated heterocycles. The van der Waals surface area contributed by atoms with Gasteiger partial charge in [0, 0.05) is 23.4 Å². The molecule has 0 fully saturated rings. The Balaban J connectivity index is 2.09. The molecule has 0 amide bonds. The number of anilines is 1. The minimum Gasteiger partial charge on any atom is -0.264 e. The lowest BCUT2D eigenvalue weighted by atomic mass is 9.81. The second-order valence-electron chi connectivity index (χ2n) is 5.62. The molecule has 0 spiro atoms. The molecule has 0 atom stereocenters. The Bertz CT molecular complexity index is 615. The number of pyridine rings is 1. The minimum atomic E-state index is 0.0838. The summed E-state index contributed by atoms with van der Waals surface area (Å²) in [6.07, 6.45) is 5.61. The van der Waals surface area contributed by atoms with E-state index in [1.54, 1.807) is 12.4 Å². The zero-order chi connectivity index (χ0) is 16.0. The number of aromatic nitrogens is 3. The van der Waals surface area contributed by atoms with Crippen LogP contribution in [-0.4, -0.2) is 20.9 Å². The fourth-order valence-electron chi connectivity index (χ4n) is 2.11. The van der Waals surface area contributed by atoms with Gasteiger partial charge in [0.15, 0.2) is 5.82 Å². The van der Waals surface area contributed by atoms with Gasteiger partial charge in [-0.05, 0) is 38.0 Å². The van der Waals surface area contributed by atoms with Gasteiger partial charge in [-0.25, -0.2) is 0 Å². The first kappa shape index (κ1) is 16.1. The number of nitrogens with zero attached hydrogens (tertiary/aromatic N) is 4. The van der Waals surface area contributed by atoms with Crippen molar-refractivity contribution in [1.82, 2.24) is 15.2 Å². The van der Waals surface area contributed by atoms with Crippen molar-refractivity contribution in [1.29, 1.82) is 0 Å². The molecule has 2 heterocycles. The predicted octanol–water partition coefficient (Wildman–Crippen LogP) is 3.79. The number of hydrogen-bond acceptors (Lipinski definition) is 5. The van der Waals surface area contributed by atoms with E-state index in [0.29, 0.717) is 5.82 Å². The summed E-state index contributed by atoms with van der Waals surface area (Å²) in [6, 6.07) is 7.80. The quantitative estimate of drug-likeness (QED) is 0.651. The summed E-state index contributed by atoms with van der Waals surface area (Å²) < 4.78 is 0. The zero-order valence-electron chi connectivity index (χ0n) is 13.7. The third kappa shape index (κ3) is 3.67. The van der Waals surface area contributed by atoms with E-state index in [1.165, 1.54) is 0 Å². The number of nitrogens with one attached hydrogen (secondary N) is 1. The molecule has 0 bridgehead atoms. The summed E-state index contributed by atoms with van der Waals surface area (Å²) in [5, 5.41) is 12.9. The van der Waals surface area contributed by atoms with Crippen LogP contribution in [0.5, 0.6) is 0 Å². The van der Waals surface area contributed by atoms with Crippen molar-refractivity contribution in [2.24, 2.45) is 5.10 Å². The van der Waals surface area contributed by atoms with E-state index in [0.717, 1.165) is 29.8 Å². The lowest BCUT2D eigenvalue weighted by molar-refractivity contribution is 0.421. The first-order valence-electron chi connectivity index (χ1n) is 7.64. The van der Waals surface area contributed by atoms with Crippen molar-refractivity contribution in [2.75, 3.05) is 5.43 Å². The first-order valence-corrected chi connectivity index (χ1v) is 7.64. The highest BCUT2D eigenvalue weighted by Crippen LogP contribution is 2.29. The van der Waals surface area contributed by atoms with Gasteiger partial charge in [-0.1, -0.05) is 26.8 Å². The topological polar surface area (TPSA) is 63.1 Å². The van der Waals surface area contributed by atoms with Crippen molar-refractivity contribution in [3.63, 3.8) is 0 Å². The molecule has 0 aromatic carbocycles. The van der Waals surface area contributed by atoms with Crippen molar-refractivity contribution in [2.45, 2.75) is 46.0 Å². The second kappa shape index (κ2) is 7.11. The first-order chi connectivity index (χ1) is 10.6. The van der Waals surface area contributed by atoms with Crippen molar-refractivity contribution < 1.29 is 0 Å². The Hall–Kier alpha value is -2.30. The maximum atomic E-state index is 4.35. The summed E-state index contributed by atoms with van der Waals surface area (Å²) in [4.78, 5) is 4.08. The van der Waals surface area contributed by atoms with Crippen LogP contribution in [-0.2, 0) is 5.41 Å². The third-order valence-electron chi connectivity index (χ3n) is 4.26.